The van der Waals surface area contributed by atoms with Gasteiger partial charge in [0.15, 0.2) is 6.61 Å². The summed E-state index contributed by atoms with van der Waals surface area (Å²) in [6, 6.07) is 18.3. The molecular weight excluding hydrogens is 318 g/mol. The molecule has 0 spiro atoms. The van der Waals surface area contributed by atoms with Crippen LogP contribution >= 0.6 is 0 Å². The van der Waals surface area contributed by atoms with Crippen LogP contribution in [0.4, 0.5) is 0 Å². The number of carbonyl (C=O) groups is 1. The summed E-state index contributed by atoms with van der Waals surface area (Å²) in [6.07, 6.45) is 1.79. The van der Waals surface area contributed by atoms with Crippen molar-refractivity contribution in [3.8, 4) is 5.75 Å². The van der Waals surface area contributed by atoms with Crippen molar-refractivity contribution in [3.63, 3.8) is 0 Å². The monoisotopic (exact) mass is 337 g/mol. The topological polar surface area (TPSA) is 68.5 Å². The highest BCUT2D eigenvalue weighted by atomic mass is 16.5. The fraction of sp³-hybridized carbons (Fsp3) is 0.200. The summed E-state index contributed by atoms with van der Waals surface area (Å²) in [7, 11) is 0. The van der Waals surface area contributed by atoms with Gasteiger partial charge in [-0.15, -0.1) is 0 Å². The maximum Gasteiger partial charge on any atom is 0.336 e. The summed E-state index contributed by atoms with van der Waals surface area (Å²) < 4.78 is 10.6. The number of nitrogens with one attached hydrogen (secondary N) is 1. The molecule has 0 saturated carbocycles. The summed E-state index contributed by atoms with van der Waals surface area (Å²) in [6.45, 7) is 0.525. The van der Waals surface area contributed by atoms with Crippen molar-refractivity contribution in [1.29, 1.82) is 0 Å². The number of hydrogen-bond acceptors (Lipinski definition) is 4. The lowest BCUT2D eigenvalue weighted by Gasteiger charge is -2.08. The molecule has 128 valence electrons. The maximum absolute atomic E-state index is 11.8. The Kier molecular flexibility index (Phi) is 5.46. The molecule has 5 heteroatoms. The molecule has 25 heavy (non-hydrogen) atoms. The lowest BCUT2D eigenvalue weighted by atomic mass is 10.1. The molecule has 1 heterocycles. The molecule has 0 aliphatic carbocycles. The molecule has 0 aliphatic rings. The Labute approximate surface area is 145 Å². The second-order valence-corrected chi connectivity index (χ2v) is 5.68. The van der Waals surface area contributed by atoms with Crippen LogP contribution in [0.2, 0.25) is 0 Å². The van der Waals surface area contributed by atoms with E-state index in [2.05, 4.69) is 17.4 Å². The molecule has 5 nitrogen and oxygen atoms in total. The molecule has 1 aromatic heterocycles. The Balaban J connectivity index is 1.43. The molecule has 2 aromatic carbocycles. The van der Waals surface area contributed by atoms with E-state index in [4.69, 9.17) is 9.15 Å². The number of ether oxygens (including phenoxy) is 1. The first-order valence-corrected chi connectivity index (χ1v) is 8.18. The Morgan fingerprint density at radius 3 is 2.68 bits per heavy atom. The van der Waals surface area contributed by atoms with Crippen LogP contribution in [0.1, 0.15) is 12.0 Å². The third-order valence-electron chi connectivity index (χ3n) is 3.77. The third-order valence-corrected chi connectivity index (χ3v) is 3.77. The molecule has 0 fully saturated rings. The van der Waals surface area contributed by atoms with Crippen LogP contribution in [-0.4, -0.2) is 19.1 Å². The second kappa shape index (κ2) is 8.15. The normalized spacial score (nSPS) is 10.6. The standard InChI is InChI=1S/C20H19NO4/c22-19(21-12-4-7-15-5-2-1-3-6-15)14-24-17-10-8-16-9-11-20(23)25-18(16)13-17/h1-3,5-6,8-11,13H,4,7,12,14H2,(H,21,22). The molecule has 0 atom stereocenters. The van der Waals surface area contributed by atoms with Crippen LogP contribution in [0, 0.1) is 0 Å². The van der Waals surface area contributed by atoms with Crippen LogP contribution in [-0.2, 0) is 11.2 Å². The van der Waals surface area contributed by atoms with Gasteiger partial charge in [0.25, 0.3) is 5.91 Å². The van der Waals surface area contributed by atoms with Gasteiger partial charge < -0.3 is 14.5 Å². The number of rotatable bonds is 7. The van der Waals surface area contributed by atoms with Crippen molar-refractivity contribution in [1.82, 2.24) is 5.32 Å². The van der Waals surface area contributed by atoms with E-state index < -0.39 is 5.63 Å². The molecule has 1 N–H and O–H groups in total. The van der Waals surface area contributed by atoms with E-state index in [0.717, 1.165) is 18.2 Å². The van der Waals surface area contributed by atoms with Crippen LogP contribution in [0.3, 0.4) is 0 Å². The molecule has 0 unspecified atom stereocenters. The van der Waals surface area contributed by atoms with Gasteiger partial charge in [-0.05, 0) is 36.6 Å². The molecule has 1 amide bonds. The average molecular weight is 337 g/mol. The first kappa shape index (κ1) is 16.8. The molecule has 3 aromatic rings. The number of benzene rings is 2. The van der Waals surface area contributed by atoms with E-state index in [0.29, 0.717) is 17.9 Å². The van der Waals surface area contributed by atoms with Crippen LogP contribution in [0.15, 0.2) is 69.9 Å². The summed E-state index contributed by atoms with van der Waals surface area (Å²) >= 11 is 0. The van der Waals surface area contributed by atoms with Crippen molar-refractivity contribution in [2.24, 2.45) is 0 Å². The van der Waals surface area contributed by atoms with Crippen molar-refractivity contribution >= 4 is 16.9 Å². The van der Waals surface area contributed by atoms with Gasteiger partial charge >= 0.3 is 5.63 Å². The molecule has 3 rings (SSSR count). The highest BCUT2D eigenvalue weighted by molar-refractivity contribution is 5.79. The van der Waals surface area contributed by atoms with Gasteiger partial charge in [-0.25, -0.2) is 4.79 Å². The van der Waals surface area contributed by atoms with E-state index in [1.807, 2.05) is 18.2 Å². The Hall–Kier alpha value is -3.08. The minimum absolute atomic E-state index is 0.0755. The van der Waals surface area contributed by atoms with E-state index in [1.54, 1.807) is 24.3 Å². The van der Waals surface area contributed by atoms with E-state index in [9.17, 15) is 9.59 Å². The minimum Gasteiger partial charge on any atom is -0.484 e. The smallest absolute Gasteiger partial charge is 0.336 e. The largest absolute Gasteiger partial charge is 0.484 e. The summed E-state index contributed by atoms with van der Waals surface area (Å²) in [5, 5.41) is 3.64. The maximum atomic E-state index is 11.8. The minimum atomic E-state index is -0.416. The predicted molar refractivity (Wildman–Crippen MR) is 95.8 cm³/mol. The molecule has 0 radical (unpaired) electrons. The Bertz CT molecular complexity index is 902. The summed E-state index contributed by atoms with van der Waals surface area (Å²) in [5.74, 6) is 0.309. The van der Waals surface area contributed by atoms with Gasteiger partial charge in [0.05, 0.1) is 0 Å². The zero-order chi connectivity index (χ0) is 17.5. The number of aryl methyl sites for hydroxylation is 1. The first-order valence-electron chi connectivity index (χ1n) is 8.18. The van der Waals surface area contributed by atoms with Crippen LogP contribution in [0.5, 0.6) is 5.75 Å². The SMILES string of the molecule is O=C(COc1ccc2ccc(=O)oc2c1)NCCCc1ccccc1. The van der Waals surface area contributed by atoms with Crippen molar-refractivity contribution in [2.75, 3.05) is 13.2 Å². The van der Waals surface area contributed by atoms with Gasteiger partial charge in [-0.3, -0.25) is 4.79 Å². The number of amides is 1. The van der Waals surface area contributed by atoms with E-state index >= 15 is 0 Å². The molecule has 0 saturated heterocycles. The lowest BCUT2D eigenvalue weighted by molar-refractivity contribution is -0.123. The van der Waals surface area contributed by atoms with Gasteiger partial charge in [0.1, 0.15) is 11.3 Å². The fourth-order valence-electron chi connectivity index (χ4n) is 2.50. The van der Waals surface area contributed by atoms with E-state index in [1.165, 1.54) is 11.6 Å². The quantitative estimate of drug-likeness (QED) is 0.532. The van der Waals surface area contributed by atoms with Crippen LogP contribution < -0.4 is 15.7 Å². The van der Waals surface area contributed by atoms with Crippen molar-refractivity contribution < 1.29 is 13.9 Å². The average Bonchev–Trinajstić information content (AvgIpc) is 2.64. The van der Waals surface area contributed by atoms with Gasteiger partial charge in [0.2, 0.25) is 0 Å². The molecular formula is C20H19NO4. The molecule has 0 bridgehead atoms. The highest BCUT2D eigenvalue weighted by Gasteiger charge is 2.04. The second-order valence-electron chi connectivity index (χ2n) is 5.68. The Morgan fingerprint density at radius 1 is 1.04 bits per heavy atom. The van der Waals surface area contributed by atoms with Crippen molar-refractivity contribution in [3.05, 3.63) is 76.6 Å². The summed E-state index contributed by atoms with van der Waals surface area (Å²) in [5.41, 5.74) is 1.28. The zero-order valence-corrected chi connectivity index (χ0v) is 13.7. The van der Waals surface area contributed by atoms with Crippen molar-refractivity contribution in [2.45, 2.75) is 12.8 Å². The van der Waals surface area contributed by atoms with Gasteiger partial charge in [0, 0.05) is 24.1 Å². The number of hydrogen-bond donors (Lipinski definition) is 1. The summed E-state index contributed by atoms with van der Waals surface area (Å²) in [4.78, 5) is 23.1. The van der Waals surface area contributed by atoms with E-state index in [-0.39, 0.29) is 12.5 Å². The highest BCUT2D eigenvalue weighted by Crippen LogP contribution is 2.19. The fourth-order valence-corrected chi connectivity index (χ4v) is 2.50. The third kappa shape index (κ3) is 4.94. The zero-order valence-electron chi connectivity index (χ0n) is 13.7. The van der Waals surface area contributed by atoms with Crippen LogP contribution in [0.25, 0.3) is 11.0 Å². The van der Waals surface area contributed by atoms with Gasteiger partial charge in [-0.1, -0.05) is 30.3 Å². The number of carbonyl (C=O) groups excluding carboxylic acids is 1. The molecule has 0 aliphatic heterocycles. The number of fused-ring (bicyclic) bond motifs is 1. The Morgan fingerprint density at radius 2 is 1.84 bits per heavy atom. The van der Waals surface area contributed by atoms with Gasteiger partial charge in [-0.2, -0.15) is 0 Å². The predicted octanol–water partition coefficient (Wildman–Crippen LogP) is 2.92. The first-order chi connectivity index (χ1) is 12.2. The lowest BCUT2D eigenvalue weighted by Crippen LogP contribution is -2.29.